The van der Waals surface area contributed by atoms with Crippen LogP contribution in [0.25, 0.3) is 0 Å². The third-order valence-electron chi connectivity index (χ3n) is 6.76. The van der Waals surface area contributed by atoms with E-state index < -0.39 is 10.0 Å². The van der Waals surface area contributed by atoms with Gasteiger partial charge in [0.25, 0.3) is 0 Å². The van der Waals surface area contributed by atoms with Crippen molar-refractivity contribution in [2.24, 2.45) is 0 Å². The summed E-state index contributed by atoms with van der Waals surface area (Å²) in [6.07, 6.45) is 5.68. The lowest BCUT2D eigenvalue weighted by Crippen LogP contribution is -2.42. The van der Waals surface area contributed by atoms with Crippen LogP contribution in [0.1, 0.15) is 12.8 Å². The van der Waals surface area contributed by atoms with E-state index in [1.807, 2.05) is 6.07 Å². The lowest BCUT2D eigenvalue weighted by molar-refractivity contribution is -0.111. The molecule has 0 aliphatic carbocycles. The Morgan fingerprint density at radius 3 is 2.43 bits per heavy atom. The minimum absolute atomic E-state index is 0.189. The van der Waals surface area contributed by atoms with Crippen molar-refractivity contribution in [1.29, 1.82) is 0 Å². The standard InChI is InChI=1S/C28H35ClN8O4S/c1-6-26(38)31-22-15-23(25(41-4)16-24(22)37-13-11-18(12-14-37)36(2)3)33-28-30-17-19(29)27(34-28)32-20-9-7-8-10-21(20)35-42(5,39)40/h6-10,15-18,35H,1,11-14H2,2-5H3,(H,31,38)(H2,30,32,33,34). The summed E-state index contributed by atoms with van der Waals surface area (Å²) in [4.78, 5) is 25.6. The second-order valence-electron chi connectivity index (χ2n) is 10.0. The molecule has 3 aromatic rings. The van der Waals surface area contributed by atoms with Gasteiger partial charge in [0.2, 0.25) is 21.9 Å². The van der Waals surface area contributed by atoms with Crippen LogP contribution < -0.4 is 30.3 Å². The highest BCUT2D eigenvalue weighted by Gasteiger charge is 2.24. The number of rotatable bonds is 11. The Morgan fingerprint density at radius 1 is 1.12 bits per heavy atom. The molecule has 4 N–H and O–H groups in total. The maximum Gasteiger partial charge on any atom is 0.247 e. The number of halogens is 1. The van der Waals surface area contributed by atoms with Gasteiger partial charge in [-0.2, -0.15) is 4.98 Å². The van der Waals surface area contributed by atoms with Gasteiger partial charge in [-0.15, -0.1) is 0 Å². The van der Waals surface area contributed by atoms with Crippen molar-refractivity contribution in [3.63, 3.8) is 0 Å². The summed E-state index contributed by atoms with van der Waals surface area (Å²) in [6, 6.07) is 10.9. The zero-order valence-electron chi connectivity index (χ0n) is 23.9. The first kappa shape index (κ1) is 30.9. The van der Waals surface area contributed by atoms with Crippen LogP contribution in [-0.4, -0.2) is 75.8 Å². The molecule has 1 aliphatic heterocycles. The molecule has 1 aliphatic rings. The number of sulfonamides is 1. The Morgan fingerprint density at radius 2 is 1.81 bits per heavy atom. The van der Waals surface area contributed by atoms with E-state index in [1.165, 1.54) is 12.3 Å². The number of piperidine rings is 1. The van der Waals surface area contributed by atoms with Crippen molar-refractivity contribution in [3.05, 3.63) is 60.3 Å². The summed E-state index contributed by atoms with van der Waals surface area (Å²) < 4.78 is 31.8. The lowest BCUT2D eigenvalue weighted by atomic mass is 10.0. The van der Waals surface area contributed by atoms with Gasteiger partial charge in [0.05, 0.1) is 48.0 Å². The third kappa shape index (κ3) is 7.81. The topological polar surface area (TPSA) is 141 Å². The fourth-order valence-electron chi connectivity index (χ4n) is 4.65. The molecule has 42 heavy (non-hydrogen) atoms. The van der Waals surface area contributed by atoms with Gasteiger partial charge in [-0.1, -0.05) is 30.3 Å². The highest BCUT2D eigenvalue weighted by Crippen LogP contribution is 2.40. The number of methoxy groups -OCH3 is 1. The Hall–Kier alpha value is -4.07. The Balaban J connectivity index is 1.65. The van der Waals surface area contributed by atoms with Crippen LogP contribution >= 0.6 is 11.6 Å². The normalized spacial score (nSPS) is 13.9. The van der Waals surface area contributed by atoms with Gasteiger partial charge in [-0.3, -0.25) is 9.52 Å². The van der Waals surface area contributed by atoms with E-state index in [9.17, 15) is 13.2 Å². The van der Waals surface area contributed by atoms with Crippen molar-refractivity contribution >= 4 is 67.7 Å². The lowest BCUT2D eigenvalue weighted by Gasteiger charge is -2.37. The molecular formula is C28H35ClN8O4S. The summed E-state index contributed by atoms with van der Waals surface area (Å²) in [5, 5.41) is 9.35. The van der Waals surface area contributed by atoms with Gasteiger partial charge < -0.3 is 30.5 Å². The van der Waals surface area contributed by atoms with E-state index >= 15 is 0 Å². The average molecular weight is 615 g/mol. The highest BCUT2D eigenvalue weighted by atomic mass is 35.5. The summed E-state index contributed by atoms with van der Waals surface area (Å²) in [6.45, 7) is 5.22. The monoisotopic (exact) mass is 614 g/mol. The number of nitrogens with one attached hydrogen (secondary N) is 4. The molecule has 0 unspecified atom stereocenters. The first-order valence-corrected chi connectivity index (χ1v) is 15.4. The van der Waals surface area contributed by atoms with Crippen molar-refractivity contribution < 1.29 is 17.9 Å². The first-order valence-electron chi connectivity index (χ1n) is 13.2. The largest absolute Gasteiger partial charge is 0.494 e. The van der Waals surface area contributed by atoms with Crippen LogP contribution in [0.15, 0.2) is 55.3 Å². The maximum absolute atomic E-state index is 12.4. The first-order chi connectivity index (χ1) is 20.0. The molecule has 14 heteroatoms. The summed E-state index contributed by atoms with van der Waals surface area (Å²) in [7, 11) is 2.22. The number of carbonyl (C=O) groups is 1. The van der Waals surface area contributed by atoms with Crippen LogP contribution in [0, 0.1) is 0 Å². The Labute approximate surface area is 251 Å². The van der Waals surface area contributed by atoms with Gasteiger partial charge in [0, 0.05) is 25.2 Å². The van der Waals surface area contributed by atoms with E-state index in [1.54, 1.807) is 37.4 Å². The van der Waals surface area contributed by atoms with Crippen molar-refractivity contribution in [2.75, 3.05) is 66.1 Å². The highest BCUT2D eigenvalue weighted by molar-refractivity contribution is 7.92. The molecule has 0 atom stereocenters. The number of amides is 1. The number of hydrogen-bond donors (Lipinski definition) is 4. The second kappa shape index (κ2) is 13.3. The van der Waals surface area contributed by atoms with Crippen LogP contribution in [0.3, 0.4) is 0 Å². The van der Waals surface area contributed by atoms with Gasteiger partial charge in [0.15, 0.2) is 5.82 Å². The molecular weight excluding hydrogens is 580 g/mol. The fraction of sp³-hybridized carbons (Fsp3) is 0.321. The van der Waals surface area contributed by atoms with Gasteiger partial charge in [0.1, 0.15) is 10.8 Å². The predicted molar refractivity (Wildman–Crippen MR) is 169 cm³/mol. The maximum atomic E-state index is 12.4. The number of nitrogens with zero attached hydrogens (tertiary/aromatic N) is 4. The summed E-state index contributed by atoms with van der Waals surface area (Å²) in [5.41, 5.74) is 2.71. The fourth-order valence-corrected chi connectivity index (χ4v) is 5.36. The van der Waals surface area contributed by atoms with E-state index in [0.717, 1.165) is 37.9 Å². The molecule has 1 fully saturated rings. The number of benzene rings is 2. The van der Waals surface area contributed by atoms with Crippen molar-refractivity contribution in [2.45, 2.75) is 18.9 Å². The third-order valence-corrected chi connectivity index (χ3v) is 7.63. The molecule has 1 saturated heterocycles. The molecule has 12 nitrogen and oxygen atoms in total. The molecule has 4 rings (SSSR count). The number of aromatic nitrogens is 2. The Bertz CT molecular complexity index is 1560. The van der Waals surface area contributed by atoms with Gasteiger partial charge >= 0.3 is 0 Å². The molecule has 2 aromatic carbocycles. The molecule has 1 amide bonds. The quantitative estimate of drug-likeness (QED) is 0.226. The second-order valence-corrected chi connectivity index (χ2v) is 12.2. The molecule has 0 saturated carbocycles. The SMILES string of the molecule is C=CC(=O)Nc1cc(Nc2ncc(Cl)c(Nc3ccccc3NS(C)(=O)=O)n2)c(OC)cc1N1CCC(N(C)C)CC1. The van der Waals surface area contributed by atoms with E-state index in [-0.39, 0.29) is 22.7 Å². The minimum Gasteiger partial charge on any atom is -0.494 e. The summed E-state index contributed by atoms with van der Waals surface area (Å²) >= 11 is 6.38. The number of para-hydroxylation sites is 2. The van der Waals surface area contributed by atoms with Gasteiger partial charge in [-0.05, 0) is 51.2 Å². The summed E-state index contributed by atoms with van der Waals surface area (Å²) in [5.74, 6) is 0.615. The number of carbonyl (C=O) groups excluding carboxylic acids is 1. The van der Waals surface area contributed by atoms with Crippen LogP contribution in [0.5, 0.6) is 5.75 Å². The van der Waals surface area contributed by atoms with E-state index in [0.29, 0.717) is 34.5 Å². The molecule has 0 bridgehead atoms. The molecule has 0 radical (unpaired) electrons. The molecule has 224 valence electrons. The zero-order valence-corrected chi connectivity index (χ0v) is 25.5. The minimum atomic E-state index is -3.52. The van der Waals surface area contributed by atoms with Gasteiger partial charge in [-0.25, -0.2) is 13.4 Å². The zero-order chi connectivity index (χ0) is 30.4. The molecule has 2 heterocycles. The molecule has 0 spiro atoms. The van der Waals surface area contributed by atoms with Crippen LogP contribution in [0.4, 0.5) is 40.2 Å². The molecule has 1 aromatic heterocycles. The predicted octanol–water partition coefficient (Wildman–Crippen LogP) is 4.65. The van der Waals surface area contributed by atoms with E-state index in [4.69, 9.17) is 16.3 Å². The smallest absolute Gasteiger partial charge is 0.247 e. The number of ether oxygens (including phenoxy) is 1. The number of hydrogen-bond acceptors (Lipinski definition) is 10. The van der Waals surface area contributed by atoms with Crippen LogP contribution in [-0.2, 0) is 14.8 Å². The number of anilines is 7. The van der Waals surface area contributed by atoms with Crippen LogP contribution in [0.2, 0.25) is 5.02 Å². The van der Waals surface area contributed by atoms with Crippen molar-refractivity contribution in [3.8, 4) is 5.75 Å². The van der Waals surface area contributed by atoms with E-state index in [2.05, 4.69) is 61.1 Å². The van der Waals surface area contributed by atoms with Crippen molar-refractivity contribution in [1.82, 2.24) is 14.9 Å². The Kier molecular flexibility index (Phi) is 9.76. The average Bonchev–Trinajstić information content (AvgIpc) is 2.95.